The minimum atomic E-state index is -3.56. The number of carbonyl (C=O) groups excluding carboxylic acids is 1. The van der Waals surface area contributed by atoms with Gasteiger partial charge >= 0.3 is 10.1 Å². The van der Waals surface area contributed by atoms with Crippen molar-refractivity contribution < 1.29 is 17.4 Å². The summed E-state index contributed by atoms with van der Waals surface area (Å²) < 4.78 is 28.4. The van der Waals surface area contributed by atoms with E-state index in [-0.39, 0.29) is 23.6 Å². The summed E-state index contributed by atoms with van der Waals surface area (Å²) >= 11 is 0. The van der Waals surface area contributed by atoms with Gasteiger partial charge in [-0.15, -0.1) is 0 Å². The van der Waals surface area contributed by atoms with Crippen LogP contribution in [0.4, 0.5) is 0 Å². The van der Waals surface area contributed by atoms with Crippen LogP contribution in [0.3, 0.4) is 0 Å². The van der Waals surface area contributed by atoms with Gasteiger partial charge in [0.1, 0.15) is 5.75 Å². The Bertz CT molecular complexity index is 670. The highest BCUT2D eigenvalue weighted by Crippen LogP contribution is 2.22. The van der Waals surface area contributed by atoms with Gasteiger partial charge in [0.2, 0.25) is 5.91 Å². The zero-order valence-corrected chi connectivity index (χ0v) is 17.5. The molecule has 0 aliphatic heterocycles. The second-order valence-electron chi connectivity index (χ2n) is 6.88. The molecule has 148 valence electrons. The highest BCUT2D eigenvalue weighted by Gasteiger charge is 2.24. The lowest BCUT2D eigenvalue weighted by atomic mass is 9.97. The highest BCUT2D eigenvalue weighted by atomic mass is 32.2. The van der Waals surface area contributed by atoms with E-state index in [2.05, 4.69) is 13.8 Å². The fourth-order valence-corrected chi connectivity index (χ4v) is 3.31. The molecule has 0 aromatic heterocycles. The number of benzene rings is 1. The molecule has 0 spiro atoms. The van der Waals surface area contributed by atoms with E-state index in [1.165, 1.54) is 0 Å². The van der Waals surface area contributed by atoms with Crippen molar-refractivity contribution in [2.75, 3.05) is 5.75 Å². The molecule has 26 heavy (non-hydrogen) atoms. The molecule has 0 unspecified atom stereocenters. The normalized spacial score (nSPS) is 12.8. The van der Waals surface area contributed by atoms with E-state index < -0.39 is 10.1 Å². The van der Waals surface area contributed by atoms with Crippen molar-refractivity contribution >= 4 is 16.0 Å². The Kier molecular flexibility index (Phi) is 9.13. The van der Waals surface area contributed by atoms with Gasteiger partial charge in [-0.2, -0.15) is 8.42 Å². The third kappa shape index (κ3) is 6.98. The van der Waals surface area contributed by atoms with Crippen LogP contribution in [0, 0.1) is 5.92 Å². The van der Waals surface area contributed by atoms with E-state index in [0.29, 0.717) is 12.3 Å². The second kappa shape index (κ2) is 10.6. The van der Waals surface area contributed by atoms with Gasteiger partial charge < -0.3 is 9.08 Å². The van der Waals surface area contributed by atoms with Gasteiger partial charge in [-0.25, -0.2) is 0 Å². The summed E-state index contributed by atoms with van der Waals surface area (Å²) in [7, 11) is -3.56. The number of carbonyl (C=O) groups is 1. The number of unbranched alkanes of at least 4 members (excludes halogenated alkanes) is 1. The Balaban J connectivity index is 2.95. The third-order valence-electron chi connectivity index (χ3n) is 4.48. The van der Waals surface area contributed by atoms with E-state index in [1.54, 1.807) is 25.1 Å². The van der Waals surface area contributed by atoms with E-state index in [0.717, 1.165) is 31.2 Å². The summed E-state index contributed by atoms with van der Waals surface area (Å²) in [6.45, 7) is 10.2. The predicted molar refractivity (Wildman–Crippen MR) is 106 cm³/mol. The van der Waals surface area contributed by atoms with E-state index in [1.807, 2.05) is 24.8 Å². The van der Waals surface area contributed by atoms with Crippen LogP contribution in [0.15, 0.2) is 24.3 Å². The molecule has 0 bridgehead atoms. The molecule has 0 aliphatic carbocycles. The molecule has 1 atom stereocenters. The van der Waals surface area contributed by atoms with Gasteiger partial charge in [0.15, 0.2) is 0 Å². The van der Waals surface area contributed by atoms with Gasteiger partial charge in [-0.1, -0.05) is 38.8 Å². The summed E-state index contributed by atoms with van der Waals surface area (Å²) in [5.74, 6) is 0.419. The smallest absolute Gasteiger partial charge is 0.308 e. The fraction of sp³-hybridized carbons (Fsp3) is 0.650. The summed E-state index contributed by atoms with van der Waals surface area (Å²) in [4.78, 5) is 14.9. The van der Waals surface area contributed by atoms with Crippen molar-refractivity contribution in [1.82, 2.24) is 4.90 Å². The Morgan fingerprint density at radius 2 is 1.88 bits per heavy atom. The predicted octanol–water partition coefficient (Wildman–Crippen LogP) is 4.37. The van der Waals surface area contributed by atoms with Gasteiger partial charge in [-0.05, 0) is 51.3 Å². The zero-order valence-electron chi connectivity index (χ0n) is 16.7. The van der Waals surface area contributed by atoms with Crippen LogP contribution in [0.5, 0.6) is 5.75 Å². The van der Waals surface area contributed by atoms with Crippen molar-refractivity contribution in [2.24, 2.45) is 5.92 Å². The first-order valence-electron chi connectivity index (χ1n) is 9.55. The Labute approximate surface area is 158 Å². The van der Waals surface area contributed by atoms with E-state index in [4.69, 9.17) is 4.18 Å². The van der Waals surface area contributed by atoms with Crippen LogP contribution < -0.4 is 4.18 Å². The minimum absolute atomic E-state index is 0.0391. The Morgan fingerprint density at radius 3 is 2.42 bits per heavy atom. The molecule has 1 amide bonds. The zero-order chi connectivity index (χ0) is 19.7. The molecule has 0 radical (unpaired) electrons. The van der Waals surface area contributed by atoms with Gasteiger partial charge in [0, 0.05) is 18.5 Å². The van der Waals surface area contributed by atoms with Crippen LogP contribution in [-0.4, -0.2) is 31.0 Å². The maximum atomic E-state index is 13.0. The molecule has 0 fully saturated rings. The van der Waals surface area contributed by atoms with Gasteiger partial charge in [-0.3, -0.25) is 4.79 Å². The first kappa shape index (κ1) is 22.5. The van der Waals surface area contributed by atoms with E-state index in [9.17, 15) is 13.2 Å². The van der Waals surface area contributed by atoms with Crippen molar-refractivity contribution in [3.05, 3.63) is 29.8 Å². The SMILES string of the molecule is CCCC[C@H](CC)C(=O)N(Cc1cccc(OS(=O)(=O)CC)c1)C(C)C. The molecule has 1 aromatic rings. The molecule has 0 saturated carbocycles. The quantitative estimate of drug-likeness (QED) is 0.532. The number of amides is 1. The molecule has 0 N–H and O–H groups in total. The highest BCUT2D eigenvalue weighted by molar-refractivity contribution is 7.87. The molecule has 0 heterocycles. The topological polar surface area (TPSA) is 63.7 Å². The molecule has 5 nitrogen and oxygen atoms in total. The molecule has 0 aliphatic rings. The molecule has 0 saturated heterocycles. The largest absolute Gasteiger partial charge is 0.382 e. The van der Waals surface area contributed by atoms with Crippen molar-refractivity contribution in [3.8, 4) is 5.75 Å². The lowest BCUT2D eigenvalue weighted by molar-refractivity contribution is -0.138. The summed E-state index contributed by atoms with van der Waals surface area (Å²) in [5.41, 5.74) is 0.862. The standard InChI is InChI=1S/C20H33NO4S/c1-6-9-12-18(7-2)20(22)21(16(4)5)15-17-11-10-13-19(14-17)25-26(23,24)8-3/h10-11,13-14,16,18H,6-9,12,15H2,1-5H3/t18-/m0/s1. The first-order chi connectivity index (χ1) is 12.2. The van der Waals surface area contributed by atoms with Crippen LogP contribution >= 0.6 is 0 Å². The van der Waals surface area contributed by atoms with E-state index >= 15 is 0 Å². The van der Waals surface area contributed by atoms with Gasteiger partial charge in [0.05, 0.1) is 5.75 Å². The molecule has 1 rings (SSSR count). The summed E-state index contributed by atoms with van der Waals surface area (Å²) in [6, 6.07) is 7.04. The lowest BCUT2D eigenvalue weighted by Gasteiger charge is -2.30. The maximum Gasteiger partial charge on any atom is 0.308 e. The third-order valence-corrected chi connectivity index (χ3v) is 5.64. The molecular formula is C20H33NO4S. The van der Waals surface area contributed by atoms with Gasteiger partial charge in [0.25, 0.3) is 0 Å². The summed E-state index contributed by atoms with van der Waals surface area (Å²) in [5, 5.41) is 0. The van der Waals surface area contributed by atoms with Crippen LogP contribution in [0.25, 0.3) is 0 Å². The molecular weight excluding hydrogens is 350 g/mol. The Hall–Kier alpha value is -1.56. The average molecular weight is 384 g/mol. The molecule has 6 heteroatoms. The Morgan fingerprint density at radius 1 is 1.19 bits per heavy atom. The van der Waals surface area contributed by atoms with Crippen molar-refractivity contribution in [2.45, 2.75) is 72.9 Å². The molecule has 1 aromatic carbocycles. The van der Waals surface area contributed by atoms with Crippen molar-refractivity contribution in [1.29, 1.82) is 0 Å². The maximum absolute atomic E-state index is 13.0. The van der Waals surface area contributed by atoms with Crippen LogP contribution in [0.2, 0.25) is 0 Å². The van der Waals surface area contributed by atoms with Crippen LogP contribution in [-0.2, 0) is 21.5 Å². The van der Waals surface area contributed by atoms with Crippen molar-refractivity contribution in [3.63, 3.8) is 0 Å². The number of nitrogens with zero attached hydrogens (tertiary/aromatic N) is 1. The van der Waals surface area contributed by atoms with Crippen LogP contribution in [0.1, 0.15) is 65.9 Å². The second-order valence-corrected chi connectivity index (χ2v) is 8.74. The summed E-state index contributed by atoms with van der Waals surface area (Å²) in [6.07, 6.45) is 3.87. The lowest BCUT2D eigenvalue weighted by Crippen LogP contribution is -2.40. The fourth-order valence-electron chi connectivity index (χ4n) is 2.80. The minimum Gasteiger partial charge on any atom is -0.382 e. The first-order valence-corrected chi connectivity index (χ1v) is 11.1. The number of hydrogen-bond donors (Lipinski definition) is 0. The monoisotopic (exact) mass is 383 g/mol. The number of rotatable bonds is 11. The number of hydrogen-bond acceptors (Lipinski definition) is 4. The average Bonchev–Trinajstić information content (AvgIpc) is 2.59.